The van der Waals surface area contributed by atoms with E-state index < -0.39 is 16.0 Å². The van der Waals surface area contributed by atoms with E-state index >= 15 is 0 Å². The zero-order valence-electron chi connectivity index (χ0n) is 11.1. The number of nitrogen functional groups attached to an aromatic ring is 1. The number of carbonyl (C=O) groups excluding carboxylic acids is 1. The number of benzene rings is 1. The fourth-order valence-electron chi connectivity index (χ4n) is 1.57. The zero-order valence-corrected chi connectivity index (χ0v) is 11.9. The van der Waals surface area contributed by atoms with Gasteiger partial charge in [-0.1, -0.05) is 0 Å². The Morgan fingerprint density at radius 3 is 2.38 bits per heavy atom. The molecule has 0 radical (unpaired) electrons. The molecule has 2 rings (SSSR count). The maximum absolute atomic E-state index is 12.2. The smallest absolute Gasteiger partial charge is 0.337 e. The number of nitrogens with one attached hydrogen (secondary N) is 1. The van der Waals surface area contributed by atoms with E-state index in [1.165, 1.54) is 49.7 Å². The SMILES string of the molecule is COC(=O)c1ccc(S(=O)(=O)Nc2ccc(N)nc2)cc1. The summed E-state index contributed by atoms with van der Waals surface area (Å²) in [6.07, 6.45) is 1.32. The molecule has 8 heteroatoms. The average Bonchev–Trinajstić information content (AvgIpc) is 2.49. The van der Waals surface area contributed by atoms with E-state index in [9.17, 15) is 13.2 Å². The van der Waals surface area contributed by atoms with Crippen molar-refractivity contribution < 1.29 is 17.9 Å². The van der Waals surface area contributed by atoms with Crippen LogP contribution in [0.3, 0.4) is 0 Å². The molecule has 0 aliphatic heterocycles. The monoisotopic (exact) mass is 307 g/mol. The molecule has 0 unspecified atom stereocenters. The lowest BCUT2D eigenvalue weighted by Crippen LogP contribution is -2.13. The van der Waals surface area contributed by atoms with Crippen molar-refractivity contribution in [1.29, 1.82) is 0 Å². The minimum absolute atomic E-state index is 0.0204. The minimum atomic E-state index is -3.76. The van der Waals surface area contributed by atoms with Crippen molar-refractivity contribution in [2.45, 2.75) is 4.90 Å². The minimum Gasteiger partial charge on any atom is -0.465 e. The van der Waals surface area contributed by atoms with Gasteiger partial charge >= 0.3 is 5.97 Å². The summed E-state index contributed by atoms with van der Waals surface area (Å²) in [5.41, 5.74) is 5.99. The maximum atomic E-state index is 12.2. The number of aromatic nitrogens is 1. The van der Waals surface area contributed by atoms with Crippen LogP contribution in [0.25, 0.3) is 0 Å². The van der Waals surface area contributed by atoms with Crippen LogP contribution in [0.2, 0.25) is 0 Å². The van der Waals surface area contributed by atoms with Gasteiger partial charge < -0.3 is 10.5 Å². The summed E-state index contributed by atoms with van der Waals surface area (Å²) in [6.45, 7) is 0. The summed E-state index contributed by atoms with van der Waals surface area (Å²) in [7, 11) is -2.51. The first kappa shape index (κ1) is 14.8. The predicted molar refractivity (Wildman–Crippen MR) is 77.2 cm³/mol. The van der Waals surface area contributed by atoms with Gasteiger partial charge in [0.2, 0.25) is 0 Å². The van der Waals surface area contributed by atoms with Gasteiger partial charge in [0.25, 0.3) is 10.0 Å². The van der Waals surface area contributed by atoms with Crippen LogP contribution in [0.5, 0.6) is 0 Å². The lowest BCUT2D eigenvalue weighted by molar-refractivity contribution is 0.0600. The first-order valence-corrected chi connectivity index (χ1v) is 7.33. The molecule has 3 N–H and O–H groups in total. The van der Waals surface area contributed by atoms with Crippen LogP contribution in [0, 0.1) is 0 Å². The van der Waals surface area contributed by atoms with Crippen molar-refractivity contribution in [3.8, 4) is 0 Å². The number of anilines is 2. The zero-order chi connectivity index (χ0) is 15.5. The van der Waals surface area contributed by atoms with Gasteiger partial charge in [-0.3, -0.25) is 4.72 Å². The summed E-state index contributed by atoms with van der Waals surface area (Å²) in [5, 5.41) is 0. The molecule has 1 aromatic carbocycles. The van der Waals surface area contributed by atoms with E-state index in [1.54, 1.807) is 0 Å². The molecule has 0 bridgehead atoms. The lowest BCUT2D eigenvalue weighted by Gasteiger charge is -2.08. The molecule has 0 aliphatic rings. The molecule has 110 valence electrons. The highest BCUT2D eigenvalue weighted by Crippen LogP contribution is 2.16. The Balaban J connectivity index is 2.23. The second-order valence-electron chi connectivity index (χ2n) is 4.09. The molecule has 0 spiro atoms. The molecule has 0 saturated carbocycles. The van der Waals surface area contributed by atoms with Crippen molar-refractivity contribution in [2.24, 2.45) is 0 Å². The summed E-state index contributed by atoms with van der Waals surface area (Å²) >= 11 is 0. The lowest BCUT2D eigenvalue weighted by atomic mass is 10.2. The van der Waals surface area contributed by atoms with E-state index in [0.29, 0.717) is 11.5 Å². The van der Waals surface area contributed by atoms with Gasteiger partial charge in [-0.2, -0.15) is 0 Å². The first-order valence-electron chi connectivity index (χ1n) is 5.85. The molecule has 1 heterocycles. The molecule has 0 atom stereocenters. The van der Waals surface area contributed by atoms with E-state index in [1.807, 2.05) is 0 Å². The molecule has 0 fully saturated rings. The van der Waals surface area contributed by atoms with Gasteiger partial charge in [0, 0.05) is 0 Å². The Kier molecular flexibility index (Phi) is 4.08. The Morgan fingerprint density at radius 2 is 1.86 bits per heavy atom. The summed E-state index contributed by atoms with van der Waals surface area (Å²) in [4.78, 5) is 15.1. The number of ether oxygens (including phenoxy) is 1. The second kappa shape index (κ2) is 5.80. The van der Waals surface area contributed by atoms with Gasteiger partial charge in [0.15, 0.2) is 0 Å². The average molecular weight is 307 g/mol. The largest absolute Gasteiger partial charge is 0.465 e. The van der Waals surface area contributed by atoms with E-state index in [4.69, 9.17) is 5.73 Å². The number of rotatable bonds is 4. The van der Waals surface area contributed by atoms with Crippen LogP contribution in [0.4, 0.5) is 11.5 Å². The van der Waals surface area contributed by atoms with Crippen LogP contribution in [0.15, 0.2) is 47.5 Å². The molecular weight excluding hydrogens is 294 g/mol. The van der Waals surface area contributed by atoms with Crippen LogP contribution in [-0.4, -0.2) is 26.5 Å². The number of hydrogen-bond donors (Lipinski definition) is 2. The van der Waals surface area contributed by atoms with Gasteiger partial charge in [-0.25, -0.2) is 18.2 Å². The molecule has 1 aromatic heterocycles. The number of pyridine rings is 1. The van der Waals surface area contributed by atoms with Gasteiger partial charge in [0.1, 0.15) is 5.82 Å². The second-order valence-corrected chi connectivity index (χ2v) is 5.78. The Hall–Kier alpha value is -2.61. The van der Waals surface area contributed by atoms with Crippen molar-refractivity contribution in [3.63, 3.8) is 0 Å². The molecule has 0 aliphatic carbocycles. The van der Waals surface area contributed by atoms with Crippen LogP contribution >= 0.6 is 0 Å². The van der Waals surface area contributed by atoms with Gasteiger partial charge in [-0.05, 0) is 36.4 Å². The number of esters is 1. The van der Waals surface area contributed by atoms with Gasteiger partial charge in [0.05, 0.1) is 29.5 Å². The van der Waals surface area contributed by atoms with Crippen molar-refractivity contribution in [2.75, 3.05) is 17.6 Å². The third kappa shape index (κ3) is 3.48. The summed E-state index contributed by atoms with van der Waals surface area (Å²) in [5.74, 6) is -0.241. The third-order valence-corrected chi connectivity index (χ3v) is 4.02. The topological polar surface area (TPSA) is 111 Å². The highest BCUT2D eigenvalue weighted by Gasteiger charge is 2.15. The Bertz CT molecular complexity index is 740. The van der Waals surface area contributed by atoms with E-state index in [-0.39, 0.29) is 10.5 Å². The van der Waals surface area contributed by atoms with Gasteiger partial charge in [-0.15, -0.1) is 0 Å². The fourth-order valence-corrected chi connectivity index (χ4v) is 2.61. The molecule has 0 amide bonds. The highest BCUT2D eigenvalue weighted by atomic mass is 32.2. The highest BCUT2D eigenvalue weighted by molar-refractivity contribution is 7.92. The third-order valence-electron chi connectivity index (χ3n) is 2.62. The van der Waals surface area contributed by atoms with Crippen LogP contribution in [0.1, 0.15) is 10.4 Å². The number of methoxy groups -OCH3 is 1. The Labute approximate surface area is 121 Å². The standard InChI is InChI=1S/C13H13N3O4S/c1-20-13(17)9-2-5-11(6-3-9)21(18,19)16-10-4-7-12(14)15-8-10/h2-8,16H,1H3,(H2,14,15). The molecule has 7 nitrogen and oxygen atoms in total. The van der Waals surface area contributed by atoms with E-state index in [2.05, 4.69) is 14.4 Å². The van der Waals surface area contributed by atoms with E-state index in [0.717, 1.165) is 0 Å². The molecule has 21 heavy (non-hydrogen) atoms. The normalized spacial score (nSPS) is 10.9. The van der Waals surface area contributed by atoms with Crippen LogP contribution < -0.4 is 10.5 Å². The molecular formula is C13H13N3O4S. The fraction of sp³-hybridized carbons (Fsp3) is 0.0769. The van der Waals surface area contributed by atoms with Crippen molar-refractivity contribution in [3.05, 3.63) is 48.2 Å². The molecule has 0 saturated heterocycles. The van der Waals surface area contributed by atoms with Crippen molar-refractivity contribution >= 4 is 27.5 Å². The predicted octanol–water partition coefficient (Wildman–Crippen LogP) is 1.25. The molecule has 2 aromatic rings. The quantitative estimate of drug-likeness (QED) is 0.822. The number of nitrogens with two attached hydrogens (primary N) is 1. The summed E-state index contributed by atoms with van der Waals surface area (Å²) < 4.78 is 31.2. The number of hydrogen-bond acceptors (Lipinski definition) is 6. The summed E-state index contributed by atoms with van der Waals surface area (Å²) in [6, 6.07) is 8.38. The van der Waals surface area contributed by atoms with Crippen molar-refractivity contribution in [1.82, 2.24) is 4.98 Å². The number of nitrogens with zero attached hydrogens (tertiary/aromatic N) is 1. The number of carbonyl (C=O) groups is 1. The van der Waals surface area contributed by atoms with Crippen LogP contribution in [-0.2, 0) is 14.8 Å². The maximum Gasteiger partial charge on any atom is 0.337 e. The first-order chi connectivity index (χ1) is 9.92. The Morgan fingerprint density at radius 1 is 1.19 bits per heavy atom. The number of sulfonamides is 1.